The van der Waals surface area contributed by atoms with E-state index < -0.39 is 19.2 Å². The van der Waals surface area contributed by atoms with E-state index in [4.69, 9.17) is 4.74 Å². The Labute approximate surface area is 188 Å². The quantitative estimate of drug-likeness (QED) is 0.0724. The van der Waals surface area contributed by atoms with Gasteiger partial charge in [0.05, 0.1) is 0 Å². The number of allylic oxidation sites excluding steroid dienone is 1. The summed E-state index contributed by atoms with van der Waals surface area (Å²) < 4.78 is 35.6. The van der Waals surface area contributed by atoms with Crippen molar-refractivity contribution in [2.45, 2.75) is 46.0 Å². The van der Waals surface area contributed by atoms with Gasteiger partial charge in [0.2, 0.25) is 0 Å². The number of rotatable bonds is 12. The van der Waals surface area contributed by atoms with Gasteiger partial charge in [0.1, 0.15) is 11.5 Å². The third-order valence-electron chi connectivity index (χ3n) is 4.73. The number of esters is 1. The van der Waals surface area contributed by atoms with Crippen molar-refractivity contribution in [1.82, 2.24) is 0 Å². The highest BCUT2D eigenvalue weighted by Gasteiger charge is 2.21. The molecule has 0 amide bonds. The molecule has 0 radical (unpaired) electrons. The van der Waals surface area contributed by atoms with Gasteiger partial charge in [-0.1, -0.05) is 57.0 Å². The van der Waals surface area contributed by atoms with E-state index >= 15 is 0 Å². The van der Waals surface area contributed by atoms with E-state index in [0.717, 1.165) is 37.3 Å². The Morgan fingerprint density at radius 3 is 2.16 bits per heavy atom. The normalized spacial score (nSPS) is 11.1. The van der Waals surface area contributed by atoms with E-state index in [0.29, 0.717) is 5.56 Å². The summed E-state index contributed by atoms with van der Waals surface area (Å²) in [6.07, 6.45) is 6.52. The molecule has 0 aromatic heterocycles. The van der Waals surface area contributed by atoms with Gasteiger partial charge in [0, 0.05) is 22.8 Å². The van der Waals surface area contributed by atoms with Crippen LogP contribution in [0, 0.1) is 0 Å². The highest BCUT2D eigenvalue weighted by Crippen LogP contribution is 2.21. The van der Waals surface area contributed by atoms with Gasteiger partial charge in [-0.15, -0.1) is 0 Å². The number of hydrogen-bond acceptors (Lipinski definition) is 4. The Kier molecular flexibility index (Phi) is 9.86. The van der Waals surface area contributed by atoms with E-state index in [1.54, 1.807) is 12.1 Å². The molecule has 0 fully saturated rings. The fourth-order valence-electron chi connectivity index (χ4n) is 2.96. The lowest BCUT2D eigenvalue weighted by molar-refractivity contribution is -0.130. The van der Waals surface area contributed by atoms with Crippen molar-refractivity contribution in [2.75, 3.05) is 0 Å². The Balaban J connectivity index is 2.14. The zero-order valence-electron chi connectivity index (χ0n) is 18.4. The van der Waals surface area contributed by atoms with Crippen LogP contribution in [0.25, 0.3) is 5.76 Å². The van der Waals surface area contributed by atoms with Crippen LogP contribution in [0.5, 0.6) is 5.75 Å². The number of ether oxygens (including phenoxy) is 1. The molecule has 0 heterocycles. The number of aryl methyl sites for hydroxylation is 1. The molecule has 32 heavy (non-hydrogen) atoms. The second-order valence-corrected chi connectivity index (χ2v) is 7.45. The minimum atomic E-state index is -3.06. The molecule has 2 aromatic rings. The van der Waals surface area contributed by atoms with Crippen LogP contribution in [0.3, 0.4) is 0 Å². The SMILES string of the molecule is C=C(C)C(=O)Oc1ccc(C(=O)/C=C(\OB(F)F)c2ccc(CCCCCC)cc2)cc1. The van der Waals surface area contributed by atoms with Crippen LogP contribution in [-0.4, -0.2) is 19.2 Å². The first-order chi connectivity index (χ1) is 15.3. The molecule has 0 atom stereocenters. The molecule has 0 spiro atoms. The molecular weight excluding hydrogens is 413 g/mol. The van der Waals surface area contributed by atoms with Crippen molar-refractivity contribution in [3.8, 4) is 5.75 Å². The molecule has 0 aliphatic rings. The van der Waals surface area contributed by atoms with Crippen molar-refractivity contribution in [3.63, 3.8) is 0 Å². The number of unbranched alkanes of at least 4 members (excludes halogenated alkanes) is 3. The zero-order valence-corrected chi connectivity index (χ0v) is 18.4. The summed E-state index contributed by atoms with van der Waals surface area (Å²) in [7, 11) is -3.06. The summed E-state index contributed by atoms with van der Waals surface area (Å²) in [4.78, 5) is 24.2. The average Bonchev–Trinajstić information content (AvgIpc) is 2.76. The number of carbonyl (C=O) groups excluding carboxylic acids is 2. The first-order valence-electron chi connectivity index (χ1n) is 10.6. The summed E-state index contributed by atoms with van der Waals surface area (Å²) in [5, 5.41) is 0. The van der Waals surface area contributed by atoms with Gasteiger partial charge in [-0.2, -0.15) is 0 Å². The van der Waals surface area contributed by atoms with Gasteiger partial charge in [-0.25, -0.2) is 13.4 Å². The molecule has 0 bridgehead atoms. The second-order valence-electron chi connectivity index (χ2n) is 7.45. The van der Waals surface area contributed by atoms with Crippen molar-refractivity contribution in [2.24, 2.45) is 0 Å². The Morgan fingerprint density at radius 2 is 1.59 bits per heavy atom. The van der Waals surface area contributed by atoms with Crippen molar-refractivity contribution in [1.29, 1.82) is 0 Å². The van der Waals surface area contributed by atoms with Crippen LogP contribution >= 0.6 is 0 Å². The van der Waals surface area contributed by atoms with E-state index in [1.165, 1.54) is 37.6 Å². The predicted octanol–water partition coefficient (Wildman–Crippen LogP) is 6.46. The molecule has 0 aliphatic heterocycles. The molecule has 168 valence electrons. The fraction of sp³-hybridized carbons (Fsp3) is 0.280. The Morgan fingerprint density at radius 1 is 0.969 bits per heavy atom. The molecule has 2 aromatic carbocycles. The van der Waals surface area contributed by atoms with Gasteiger partial charge < -0.3 is 9.39 Å². The molecule has 0 saturated heterocycles. The maximum Gasteiger partial charge on any atom is 0.796 e. The van der Waals surface area contributed by atoms with Gasteiger partial charge >= 0.3 is 13.4 Å². The lowest BCUT2D eigenvalue weighted by atomic mass is 10.0. The van der Waals surface area contributed by atoms with E-state index in [-0.39, 0.29) is 22.6 Å². The van der Waals surface area contributed by atoms with Crippen molar-refractivity contribution in [3.05, 3.63) is 83.4 Å². The summed E-state index contributed by atoms with van der Waals surface area (Å²) in [6.45, 7) is 7.17. The van der Waals surface area contributed by atoms with Crippen LogP contribution in [0.1, 0.15) is 61.0 Å². The molecule has 0 unspecified atom stereocenters. The van der Waals surface area contributed by atoms with Crippen LogP contribution in [0.15, 0.2) is 66.8 Å². The summed E-state index contributed by atoms with van der Waals surface area (Å²) in [5.74, 6) is -1.05. The smallest absolute Gasteiger partial charge is 0.505 e. The maximum atomic E-state index is 13.0. The minimum Gasteiger partial charge on any atom is -0.505 e. The molecule has 0 saturated carbocycles. The maximum absolute atomic E-state index is 13.0. The van der Waals surface area contributed by atoms with Crippen LogP contribution in [-0.2, 0) is 15.9 Å². The molecule has 7 heteroatoms. The molecule has 4 nitrogen and oxygen atoms in total. The average molecular weight is 440 g/mol. The van der Waals surface area contributed by atoms with E-state index in [2.05, 4.69) is 18.2 Å². The largest absolute Gasteiger partial charge is 0.796 e. The summed E-state index contributed by atoms with van der Waals surface area (Å²) >= 11 is 0. The molecule has 2 rings (SSSR count). The Hall–Kier alpha value is -3.22. The highest BCUT2D eigenvalue weighted by molar-refractivity contribution is 6.36. The number of ketones is 1. The van der Waals surface area contributed by atoms with Crippen LogP contribution < -0.4 is 4.74 Å². The van der Waals surface area contributed by atoms with Crippen LogP contribution in [0.2, 0.25) is 0 Å². The zero-order chi connectivity index (χ0) is 23.5. The Bertz CT molecular complexity index is 951. The number of halogens is 2. The summed E-state index contributed by atoms with van der Waals surface area (Å²) in [5.41, 5.74) is 1.98. The van der Waals surface area contributed by atoms with Gasteiger partial charge in [-0.05, 0) is 49.6 Å². The van der Waals surface area contributed by atoms with Crippen molar-refractivity contribution < 1.29 is 27.6 Å². The fourth-order valence-corrected chi connectivity index (χ4v) is 2.96. The monoisotopic (exact) mass is 440 g/mol. The third kappa shape index (κ3) is 8.14. The van der Waals surface area contributed by atoms with Crippen LogP contribution in [0.4, 0.5) is 8.63 Å². The van der Waals surface area contributed by atoms with Gasteiger partial charge in [-0.3, -0.25) is 4.79 Å². The lowest BCUT2D eigenvalue weighted by Crippen LogP contribution is -2.08. The lowest BCUT2D eigenvalue weighted by Gasteiger charge is -2.10. The number of benzene rings is 2. The minimum absolute atomic E-state index is 0.208. The second kappa shape index (κ2) is 12.6. The van der Waals surface area contributed by atoms with E-state index in [1.807, 2.05) is 12.1 Å². The first-order valence-corrected chi connectivity index (χ1v) is 10.6. The highest BCUT2D eigenvalue weighted by atomic mass is 19.2. The van der Waals surface area contributed by atoms with Gasteiger partial charge in [0.15, 0.2) is 5.78 Å². The predicted molar refractivity (Wildman–Crippen MR) is 123 cm³/mol. The first kappa shape index (κ1) is 25.0. The molecule has 0 N–H and O–H groups in total. The third-order valence-corrected chi connectivity index (χ3v) is 4.73. The number of hydrogen-bond donors (Lipinski definition) is 0. The standard InChI is InChI=1S/C25H27BF2O4/c1-4-5-6-7-8-19-9-11-21(12-10-19)24(32-26(27)28)17-23(29)20-13-15-22(16-14-20)31-25(30)18(2)3/h9-17H,2,4-8H2,1,3H3/b24-17-. The van der Waals surface area contributed by atoms with Gasteiger partial charge in [0.25, 0.3) is 0 Å². The van der Waals surface area contributed by atoms with E-state index in [9.17, 15) is 18.2 Å². The summed E-state index contributed by atoms with van der Waals surface area (Å²) in [6, 6.07) is 12.9. The molecular formula is C25H27BF2O4. The molecule has 0 aliphatic carbocycles. The topological polar surface area (TPSA) is 52.6 Å². The number of carbonyl (C=O) groups is 2. The van der Waals surface area contributed by atoms with Crippen molar-refractivity contribution >= 4 is 25.0 Å².